The summed E-state index contributed by atoms with van der Waals surface area (Å²) < 4.78 is 0. The van der Waals surface area contributed by atoms with Crippen LogP contribution >= 0.6 is 11.6 Å². The monoisotopic (exact) mass is 213 g/mol. The van der Waals surface area contributed by atoms with Gasteiger partial charge in [0, 0.05) is 10.2 Å². The Bertz CT molecular complexity index is 354. The molecule has 1 rings (SSSR count). The van der Waals surface area contributed by atoms with Crippen LogP contribution in [0.5, 0.6) is 0 Å². The quantitative estimate of drug-likeness (QED) is 0.782. The van der Waals surface area contributed by atoms with Crippen LogP contribution in [0.25, 0.3) is 0 Å². The minimum Gasteiger partial charge on any atom is -0.388 e. The highest BCUT2D eigenvalue weighted by Gasteiger charge is 2.13. The highest BCUT2D eigenvalue weighted by Crippen LogP contribution is 2.20. The van der Waals surface area contributed by atoms with Crippen molar-refractivity contribution in [3.8, 4) is 0 Å². The molecule has 14 heavy (non-hydrogen) atoms. The Balaban J connectivity index is 2.74. The van der Waals surface area contributed by atoms with E-state index in [2.05, 4.69) is 5.18 Å². The van der Waals surface area contributed by atoms with Gasteiger partial charge >= 0.3 is 0 Å². The number of carbonyl (C=O) groups is 1. The van der Waals surface area contributed by atoms with Crippen LogP contribution in [-0.4, -0.2) is 11.0 Å². The summed E-state index contributed by atoms with van der Waals surface area (Å²) in [6, 6.07) is 6.45. The van der Waals surface area contributed by atoms with E-state index >= 15 is 0 Å². The fourth-order valence-corrected chi connectivity index (χ4v) is 1.23. The van der Waals surface area contributed by atoms with Crippen molar-refractivity contribution >= 4 is 17.5 Å². The molecule has 0 saturated heterocycles. The predicted molar refractivity (Wildman–Crippen MR) is 51.8 cm³/mol. The fraction of sp³-hybridized carbons (Fsp3) is 0.222. The third-order valence-electron chi connectivity index (χ3n) is 1.70. The van der Waals surface area contributed by atoms with Gasteiger partial charge in [-0.05, 0) is 17.7 Å². The average Bonchev–Trinajstić information content (AvgIpc) is 2.17. The second kappa shape index (κ2) is 4.83. The molecule has 0 aliphatic carbocycles. The zero-order valence-electron chi connectivity index (χ0n) is 7.18. The lowest BCUT2D eigenvalue weighted by Crippen LogP contribution is -2.03. The van der Waals surface area contributed by atoms with Crippen molar-refractivity contribution in [2.45, 2.75) is 12.5 Å². The predicted octanol–water partition coefficient (Wildman–Crippen LogP) is 2.06. The Morgan fingerprint density at radius 2 is 2.29 bits per heavy atom. The molecule has 1 aromatic carbocycles. The lowest BCUT2D eigenvalue weighted by Gasteiger charge is -2.07. The van der Waals surface area contributed by atoms with E-state index in [4.69, 9.17) is 11.6 Å². The number of hydrogen-bond acceptors (Lipinski definition) is 3. The number of amides is 1. The first-order chi connectivity index (χ1) is 6.63. The largest absolute Gasteiger partial charge is 0.388 e. The van der Waals surface area contributed by atoms with Crippen LogP contribution in [0, 0.1) is 4.91 Å². The second-order valence-electron chi connectivity index (χ2n) is 2.76. The van der Waals surface area contributed by atoms with Gasteiger partial charge in [0.25, 0.3) is 5.91 Å². The van der Waals surface area contributed by atoms with Gasteiger partial charge in [-0.2, -0.15) is 0 Å². The minimum atomic E-state index is -1.03. The van der Waals surface area contributed by atoms with Gasteiger partial charge in [0.15, 0.2) is 0 Å². The standard InChI is InChI=1S/C9H8ClNO3/c10-7-3-1-2-6(4-7)8(12)5-9(13)11-14/h1-4,8,12H,5H2. The summed E-state index contributed by atoms with van der Waals surface area (Å²) in [7, 11) is 0. The lowest BCUT2D eigenvalue weighted by molar-refractivity contribution is -0.119. The van der Waals surface area contributed by atoms with Crippen molar-refractivity contribution in [2.75, 3.05) is 0 Å². The fourth-order valence-electron chi connectivity index (χ4n) is 1.03. The Kier molecular flexibility index (Phi) is 3.73. The number of aliphatic hydroxyl groups is 1. The molecule has 0 fully saturated rings. The van der Waals surface area contributed by atoms with Crippen molar-refractivity contribution in [2.24, 2.45) is 5.18 Å². The molecule has 1 amide bonds. The molecule has 1 unspecified atom stereocenters. The van der Waals surface area contributed by atoms with Crippen molar-refractivity contribution in [1.29, 1.82) is 0 Å². The first-order valence-electron chi connectivity index (χ1n) is 3.93. The number of rotatable bonds is 3. The summed E-state index contributed by atoms with van der Waals surface area (Å²) in [5.74, 6) is -0.877. The summed E-state index contributed by atoms with van der Waals surface area (Å²) in [6.07, 6.45) is -1.34. The summed E-state index contributed by atoms with van der Waals surface area (Å²) in [6.45, 7) is 0. The Morgan fingerprint density at radius 3 is 2.86 bits per heavy atom. The maximum absolute atomic E-state index is 10.6. The molecular formula is C9H8ClNO3. The topological polar surface area (TPSA) is 66.7 Å². The van der Waals surface area contributed by atoms with Crippen LogP contribution in [-0.2, 0) is 4.79 Å². The number of nitroso groups, excluding NO2 is 1. The molecule has 0 aliphatic rings. The number of nitrogens with zero attached hydrogens (tertiary/aromatic N) is 1. The second-order valence-corrected chi connectivity index (χ2v) is 3.20. The molecule has 0 saturated carbocycles. The molecular weight excluding hydrogens is 206 g/mol. The molecule has 1 N–H and O–H groups in total. The number of halogens is 1. The van der Waals surface area contributed by atoms with Crippen molar-refractivity contribution < 1.29 is 9.90 Å². The van der Waals surface area contributed by atoms with Crippen LogP contribution in [0.1, 0.15) is 18.1 Å². The number of hydrogen-bond donors (Lipinski definition) is 1. The maximum Gasteiger partial charge on any atom is 0.289 e. The van der Waals surface area contributed by atoms with E-state index in [1.54, 1.807) is 18.2 Å². The minimum absolute atomic E-state index is 0.316. The zero-order chi connectivity index (χ0) is 10.6. The normalized spacial score (nSPS) is 12.1. The van der Waals surface area contributed by atoms with Crippen molar-refractivity contribution in [1.82, 2.24) is 0 Å². The highest BCUT2D eigenvalue weighted by molar-refractivity contribution is 6.30. The van der Waals surface area contributed by atoms with E-state index in [0.717, 1.165) is 0 Å². The molecule has 74 valence electrons. The molecule has 1 aromatic rings. The Labute approximate surface area is 85.5 Å². The van der Waals surface area contributed by atoms with Crippen LogP contribution in [0.15, 0.2) is 29.4 Å². The van der Waals surface area contributed by atoms with Gasteiger partial charge in [-0.3, -0.25) is 4.79 Å². The van der Waals surface area contributed by atoms with Gasteiger partial charge in [-0.25, -0.2) is 0 Å². The van der Waals surface area contributed by atoms with Gasteiger partial charge in [0.1, 0.15) is 0 Å². The van der Waals surface area contributed by atoms with E-state index in [-0.39, 0.29) is 6.42 Å². The molecule has 0 heterocycles. The molecule has 4 nitrogen and oxygen atoms in total. The van der Waals surface area contributed by atoms with Crippen LogP contribution in [0.2, 0.25) is 5.02 Å². The van der Waals surface area contributed by atoms with Crippen LogP contribution in [0.3, 0.4) is 0 Å². The van der Waals surface area contributed by atoms with Gasteiger partial charge in [0.05, 0.1) is 12.5 Å². The maximum atomic E-state index is 10.6. The highest BCUT2D eigenvalue weighted by atomic mass is 35.5. The smallest absolute Gasteiger partial charge is 0.289 e. The summed E-state index contributed by atoms with van der Waals surface area (Å²) >= 11 is 5.68. The Hall–Kier alpha value is -1.26. The van der Waals surface area contributed by atoms with Gasteiger partial charge < -0.3 is 5.11 Å². The molecule has 0 bridgehead atoms. The zero-order valence-corrected chi connectivity index (χ0v) is 7.94. The Morgan fingerprint density at radius 1 is 1.57 bits per heavy atom. The summed E-state index contributed by atoms with van der Waals surface area (Å²) in [5.41, 5.74) is 0.495. The van der Waals surface area contributed by atoms with E-state index in [9.17, 15) is 14.8 Å². The van der Waals surface area contributed by atoms with Gasteiger partial charge in [0.2, 0.25) is 0 Å². The van der Waals surface area contributed by atoms with Crippen molar-refractivity contribution in [3.63, 3.8) is 0 Å². The van der Waals surface area contributed by atoms with E-state index in [1.165, 1.54) is 6.07 Å². The molecule has 1 atom stereocenters. The molecule has 0 aliphatic heterocycles. The van der Waals surface area contributed by atoms with E-state index in [1.807, 2.05) is 0 Å². The van der Waals surface area contributed by atoms with E-state index < -0.39 is 12.0 Å². The van der Waals surface area contributed by atoms with Gasteiger partial charge in [-0.15, -0.1) is 4.91 Å². The van der Waals surface area contributed by atoms with Crippen molar-refractivity contribution in [3.05, 3.63) is 39.8 Å². The SMILES string of the molecule is O=NC(=O)CC(O)c1cccc(Cl)c1. The molecule has 0 radical (unpaired) electrons. The average molecular weight is 214 g/mol. The summed E-state index contributed by atoms with van der Waals surface area (Å²) in [4.78, 5) is 20.4. The third kappa shape index (κ3) is 2.90. The van der Waals surface area contributed by atoms with Gasteiger partial charge in [-0.1, -0.05) is 23.7 Å². The number of aliphatic hydroxyl groups excluding tert-OH is 1. The lowest BCUT2D eigenvalue weighted by atomic mass is 10.1. The first-order valence-corrected chi connectivity index (χ1v) is 4.31. The number of carbonyl (C=O) groups excluding carboxylic acids is 1. The summed E-state index contributed by atoms with van der Waals surface area (Å²) in [5, 5.41) is 12.1. The van der Waals surface area contributed by atoms with E-state index in [0.29, 0.717) is 10.6 Å². The molecule has 0 aromatic heterocycles. The molecule has 5 heteroatoms. The first kappa shape index (κ1) is 10.8. The van der Waals surface area contributed by atoms with Crippen LogP contribution < -0.4 is 0 Å². The molecule has 0 spiro atoms. The number of benzene rings is 1. The van der Waals surface area contributed by atoms with Crippen LogP contribution in [0.4, 0.5) is 0 Å². The third-order valence-corrected chi connectivity index (χ3v) is 1.94.